The Balaban J connectivity index is 1.79. The molecule has 156 valence electrons. The molecule has 0 bridgehead atoms. The van der Waals surface area contributed by atoms with Crippen LogP contribution in [0.5, 0.6) is 0 Å². The van der Waals surface area contributed by atoms with Crippen LogP contribution in [0.25, 0.3) is 15.9 Å². The van der Waals surface area contributed by atoms with E-state index in [0.29, 0.717) is 23.7 Å². The lowest BCUT2D eigenvalue weighted by Crippen LogP contribution is -2.14. The third-order valence-corrected chi connectivity index (χ3v) is 7.70. The second kappa shape index (κ2) is 9.16. The van der Waals surface area contributed by atoms with Gasteiger partial charge in [0.1, 0.15) is 5.01 Å². The van der Waals surface area contributed by atoms with E-state index < -0.39 is 0 Å². The number of fused-ring (bicyclic) bond motifs is 1. The summed E-state index contributed by atoms with van der Waals surface area (Å²) in [6, 6.07) is 3.64. The normalized spacial score (nSPS) is 11.9. The summed E-state index contributed by atoms with van der Waals surface area (Å²) in [5, 5.41) is 5.71. The summed E-state index contributed by atoms with van der Waals surface area (Å²) in [5.41, 5.74) is 1.11. The van der Waals surface area contributed by atoms with Gasteiger partial charge in [0.15, 0.2) is 4.34 Å². The molecule has 0 aliphatic carbocycles. The second-order valence-electron chi connectivity index (χ2n) is 7.34. The van der Waals surface area contributed by atoms with E-state index in [1.807, 2.05) is 32.9 Å². The first-order chi connectivity index (χ1) is 13.7. The summed E-state index contributed by atoms with van der Waals surface area (Å²) < 4.78 is 8.14. The van der Waals surface area contributed by atoms with Crippen LogP contribution in [-0.2, 0) is 14.9 Å². The first-order valence-corrected chi connectivity index (χ1v) is 12.2. The molecule has 0 amide bonds. The molecule has 3 rings (SSSR count). The number of ether oxygens (including phenoxy) is 1. The van der Waals surface area contributed by atoms with Crippen molar-refractivity contribution in [3.63, 3.8) is 0 Å². The number of nitrogens with zero attached hydrogens (tertiary/aromatic N) is 3. The first-order valence-electron chi connectivity index (χ1n) is 9.18. The SMILES string of the molecule is CCOC(=O)CCCSc1nc2cc(-n3nc(C(C)(C)C)sc3=O)c(Cl)cc2s1. The summed E-state index contributed by atoms with van der Waals surface area (Å²) in [4.78, 5) is 28.3. The zero-order chi connectivity index (χ0) is 21.2. The number of hydrogen-bond acceptors (Lipinski definition) is 8. The highest BCUT2D eigenvalue weighted by molar-refractivity contribution is 8.01. The minimum Gasteiger partial charge on any atom is -0.466 e. The Morgan fingerprint density at radius 2 is 2.07 bits per heavy atom. The predicted molar refractivity (Wildman–Crippen MR) is 121 cm³/mol. The molecule has 0 spiro atoms. The molecule has 2 aromatic heterocycles. The molecule has 0 radical (unpaired) electrons. The number of esters is 1. The van der Waals surface area contributed by atoms with Crippen molar-refractivity contribution in [3.8, 4) is 5.69 Å². The maximum Gasteiger partial charge on any atom is 0.329 e. The highest BCUT2D eigenvalue weighted by Gasteiger charge is 2.22. The number of rotatable bonds is 7. The van der Waals surface area contributed by atoms with Gasteiger partial charge in [0.05, 0.1) is 27.5 Å². The number of carbonyl (C=O) groups excluding carboxylic acids is 1. The highest BCUT2D eigenvalue weighted by atomic mass is 35.5. The van der Waals surface area contributed by atoms with E-state index in [1.54, 1.807) is 30.0 Å². The van der Waals surface area contributed by atoms with Crippen molar-refractivity contribution in [1.82, 2.24) is 14.8 Å². The number of carbonyl (C=O) groups is 1. The maximum absolute atomic E-state index is 12.5. The zero-order valence-electron chi connectivity index (χ0n) is 16.7. The Morgan fingerprint density at radius 1 is 1.31 bits per heavy atom. The van der Waals surface area contributed by atoms with Gasteiger partial charge in [0.25, 0.3) is 0 Å². The molecule has 2 heterocycles. The summed E-state index contributed by atoms with van der Waals surface area (Å²) in [6.45, 7) is 8.27. The average Bonchev–Trinajstić information content (AvgIpc) is 3.20. The minimum atomic E-state index is -0.209. The van der Waals surface area contributed by atoms with E-state index in [9.17, 15) is 9.59 Å². The lowest BCUT2D eigenvalue weighted by molar-refractivity contribution is -0.143. The molecule has 10 heteroatoms. The van der Waals surface area contributed by atoms with Gasteiger partial charge in [-0.2, -0.15) is 9.78 Å². The highest BCUT2D eigenvalue weighted by Crippen LogP contribution is 2.34. The van der Waals surface area contributed by atoms with Gasteiger partial charge in [-0.25, -0.2) is 4.98 Å². The van der Waals surface area contributed by atoms with Crippen LogP contribution in [0.15, 0.2) is 21.3 Å². The van der Waals surface area contributed by atoms with Crippen molar-refractivity contribution in [3.05, 3.63) is 31.8 Å². The van der Waals surface area contributed by atoms with Gasteiger partial charge in [0.2, 0.25) is 0 Å². The van der Waals surface area contributed by atoms with Gasteiger partial charge in [0, 0.05) is 17.6 Å². The van der Waals surface area contributed by atoms with Crippen molar-refractivity contribution in [2.24, 2.45) is 0 Å². The molecule has 0 fully saturated rings. The van der Waals surface area contributed by atoms with E-state index in [-0.39, 0.29) is 16.3 Å². The Bertz CT molecular complexity index is 1080. The van der Waals surface area contributed by atoms with E-state index in [2.05, 4.69) is 10.1 Å². The zero-order valence-corrected chi connectivity index (χ0v) is 19.9. The molecular weight excluding hydrogens is 450 g/mol. The van der Waals surface area contributed by atoms with Gasteiger partial charge in [-0.1, -0.05) is 55.5 Å². The van der Waals surface area contributed by atoms with Gasteiger partial charge in [-0.3, -0.25) is 9.59 Å². The molecule has 0 aliphatic heterocycles. The minimum absolute atomic E-state index is 0.167. The van der Waals surface area contributed by atoms with Crippen LogP contribution >= 0.6 is 46.0 Å². The summed E-state index contributed by atoms with van der Waals surface area (Å²) >= 11 is 10.7. The number of halogens is 1. The number of thioether (sulfide) groups is 1. The van der Waals surface area contributed by atoms with Gasteiger partial charge >= 0.3 is 10.8 Å². The van der Waals surface area contributed by atoms with Crippen LogP contribution in [0.1, 0.15) is 45.5 Å². The van der Waals surface area contributed by atoms with Crippen LogP contribution in [0, 0.1) is 0 Å². The Kier molecular flexibility index (Phi) is 7.03. The van der Waals surface area contributed by atoms with E-state index >= 15 is 0 Å². The number of hydrogen-bond donors (Lipinski definition) is 0. The van der Waals surface area contributed by atoms with E-state index in [0.717, 1.165) is 43.1 Å². The summed E-state index contributed by atoms with van der Waals surface area (Å²) in [6.07, 6.45) is 1.14. The van der Waals surface area contributed by atoms with Crippen LogP contribution < -0.4 is 4.87 Å². The van der Waals surface area contributed by atoms with E-state index in [4.69, 9.17) is 16.3 Å². The second-order valence-corrected chi connectivity index (χ2v) is 11.1. The first kappa shape index (κ1) is 22.3. The quantitative estimate of drug-likeness (QED) is 0.265. The van der Waals surface area contributed by atoms with E-state index in [1.165, 1.54) is 4.68 Å². The lowest BCUT2D eigenvalue weighted by atomic mass is 9.98. The van der Waals surface area contributed by atoms with Gasteiger partial charge in [-0.15, -0.1) is 11.3 Å². The molecule has 0 saturated heterocycles. The van der Waals surface area contributed by atoms with Gasteiger partial charge in [-0.05, 0) is 25.5 Å². The van der Waals surface area contributed by atoms with Crippen LogP contribution in [0.3, 0.4) is 0 Å². The summed E-state index contributed by atoms with van der Waals surface area (Å²) in [5.74, 6) is 0.608. The summed E-state index contributed by atoms with van der Waals surface area (Å²) in [7, 11) is 0. The third-order valence-electron chi connectivity index (χ3n) is 3.91. The fourth-order valence-electron chi connectivity index (χ4n) is 2.48. The molecule has 0 aliphatic rings. The molecule has 0 N–H and O–H groups in total. The molecule has 3 aromatic rings. The standard InChI is InChI=1S/C19H22ClN3O3S3/c1-5-26-15(24)7-6-8-27-17-21-12-10-13(11(20)9-14(12)28-17)23-18(25)29-16(22-23)19(2,3)4/h9-10H,5-8H2,1-4H3. The molecule has 0 atom stereocenters. The van der Waals surface area contributed by atoms with Crippen LogP contribution in [0.4, 0.5) is 0 Å². The fraction of sp³-hybridized carbons (Fsp3) is 0.474. The molecule has 6 nitrogen and oxygen atoms in total. The lowest BCUT2D eigenvalue weighted by Gasteiger charge is -2.12. The molecule has 0 saturated carbocycles. The van der Waals surface area contributed by atoms with Crippen LogP contribution in [0.2, 0.25) is 5.02 Å². The van der Waals surface area contributed by atoms with Crippen molar-refractivity contribution < 1.29 is 9.53 Å². The Morgan fingerprint density at radius 3 is 2.72 bits per heavy atom. The molecular formula is C19H22ClN3O3S3. The average molecular weight is 472 g/mol. The monoisotopic (exact) mass is 471 g/mol. The Hall–Kier alpha value is -1.42. The number of benzene rings is 1. The molecule has 1 aromatic carbocycles. The van der Waals surface area contributed by atoms with Crippen molar-refractivity contribution in [2.75, 3.05) is 12.4 Å². The third kappa shape index (κ3) is 5.39. The Labute approximate surface area is 186 Å². The number of aromatic nitrogens is 3. The fourth-order valence-corrected chi connectivity index (χ4v) is 5.71. The molecule has 0 unspecified atom stereocenters. The topological polar surface area (TPSA) is 74.1 Å². The van der Waals surface area contributed by atoms with Crippen LogP contribution in [-0.4, -0.2) is 33.1 Å². The van der Waals surface area contributed by atoms with Crippen molar-refractivity contribution >= 4 is 62.2 Å². The number of thiazole rings is 1. The van der Waals surface area contributed by atoms with Gasteiger partial charge < -0.3 is 4.74 Å². The molecule has 29 heavy (non-hydrogen) atoms. The maximum atomic E-state index is 12.5. The predicted octanol–water partition coefficient (Wildman–Crippen LogP) is 5.29. The smallest absolute Gasteiger partial charge is 0.329 e. The van der Waals surface area contributed by atoms with Crippen molar-refractivity contribution in [1.29, 1.82) is 0 Å². The largest absolute Gasteiger partial charge is 0.466 e. The van der Waals surface area contributed by atoms with Crippen molar-refractivity contribution in [2.45, 2.75) is 50.3 Å².